The third kappa shape index (κ3) is 3.28. The van der Waals surface area contributed by atoms with E-state index in [9.17, 15) is 4.39 Å². The maximum atomic E-state index is 13.8. The number of hydrogen-bond donors (Lipinski definition) is 0. The van der Waals surface area contributed by atoms with Gasteiger partial charge in [-0.15, -0.1) is 10.2 Å². The van der Waals surface area contributed by atoms with Crippen LogP contribution in [0.25, 0.3) is 22.7 Å². The van der Waals surface area contributed by atoms with Crippen molar-refractivity contribution in [1.29, 1.82) is 0 Å². The number of hydrogen-bond acceptors (Lipinski definition) is 5. The maximum absolute atomic E-state index is 13.8. The summed E-state index contributed by atoms with van der Waals surface area (Å²) in [5.74, 6) is 3.09. The van der Waals surface area contributed by atoms with Crippen LogP contribution in [-0.4, -0.2) is 26.9 Å². The van der Waals surface area contributed by atoms with E-state index in [4.69, 9.17) is 20.8 Å². The van der Waals surface area contributed by atoms with E-state index in [-0.39, 0.29) is 5.02 Å². The van der Waals surface area contributed by atoms with Crippen molar-refractivity contribution in [3.63, 3.8) is 0 Å². The fourth-order valence-electron chi connectivity index (χ4n) is 4.47. The standard InChI is InChI=1S/C24H22ClFN4O2/c1-14-27-13-21(32-14)17-7-5-15(11-20(17)31-3)22-28-29-23-24(2,9-4-10-30(22)23)16-6-8-19(26)18(25)12-16/h5-8,11-13H,4,9-10H2,1-3H3. The fourth-order valence-corrected chi connectivity index (χ4v) is 4.65. The first kappa shape index (κ1) is 20.7. The Labute approximate surface area is 190 Å². The zero-order valence-electron chi connectivity index (χ0n) is 18.0. The zero-order chi connectivity index (χ0) is 22.5. The number of nitrogens with zero attached hydrogens (tertiary/aromatic N) is 4. The molecule has 8 heteroatoms. The molecule has 0 N–H and O–H groups in total. The average Bonchev–Trinajstić information content (AvgIpc) is 3.42. The molecule has 5 rings (SSSR count). The molecule has 1 atom stereocenters. The van der Waals surface area contributed by atoms with E-state index in [2.05, 4.69) is 26.7 Å². The van der Waals surface area contributed by atoms with Gasteiger partial charge in [0.2, 0.25) is 0 Å². The lowest BCUT2D eigenvalue weighted by molar-refractivity contribution is 0.378. The number of benzene rings is 2. The molecule has 32 heavy (non-hydrogen) atoms. The number of fused-ring (bicyclic) bond motifs is 1. The van der Waals surface area contributed by atoms with Crippen LogP contribution in [0.2, 0.25) is 5.02 Å². The van der Waals surface area contributed by atoms with Gasteiger partial charge in [-0.3, -0.25) is 0 Å². The van der Waals surface area contributed by atoms with Crippen LogP contribution in [0.3, 0.4) is 0 Å². The molecule has 6 nitrogen and oxygen atoms in total. The van der Waals surface area contributed by atoms with Crippen molar-refractivity contribution in [3.05, 3.63) is 70.7 Å². The van der Waals surface area contributed by atoms with Crippen LogP contribution in [0.1, 0.15) is 37.0 Å². The molecule has 0 aliphatic carbocycles. The Balaban J connectivity index is 1.58. The molecule has 0 radical (unpaired) electrons. The van der Waals surface area contributed by atoms with Gasteiger partial charge in [-0.25, -0.2) is 9.37 Å². The number of aromatic nitrogens is 4. The Hall–Kier alpha value is -3.19. The van der Waals surface area contributed by atoms with Gasteiger partial charge in [-0.2, -0.15) is 0 Å². The van der Waals surface area contributed by atoms with E-state index in [1.807, 2.05) is 18.2 Å². The number of methoxy groups -OCH3 is 1. The molecule has 0 fully saturated rings. The number of oxazole rings is 1. The Kier molecular flexibility index (Phi) is 5.01. The summed E-state index contributed by atoms with van der Waals surface area (Å²) in [6.07, 6.45) is 3.50. The maximum Gasteiger partial charge on any atom is 0.191 e. The van der Waals surface area contributed by atoms with E-state index >= 15 is 0 Å². The molecule has 2 aromatic carbocycles. The van der Waals surface area contributed by atoms with Crippen LogP contribution in [0, 0.1) is 12.7 Å². The second-order valence-corrected chi connectivity index (χ2v) is 8.63. The Morgan fingerprint density at radius 1 is 1.19 bits per heavy atom. The number of aryl methyl sites for hydroxylation is 1. The molecule has 1 aliphatic heterocycles. The highest BCUT2D eigenvalue weighted by molar-refractivity contribution is 6.30. The molecular weight excluding hydrogens is 431 g/mol. The molecule has 0 amide bonds. The van der Waals surface area contributed by atoms with Crippen LogP contribution < -0.4 is 4.74 Å². The van der Waals surface area contributed by atoms with Gasteiger partial charge >= 0.3 is 0 Å². The van der Waals surface area contributed by atoms with Gasteiger partial charge in [0.1, 0.15) is 17.4 Å². The first-order chi connectivity index (χ1) is 15.4. The summed E-state index contributed by atoms with van der Waals surface area (Å²) in [4.78, 5) is 4.17. The summed E-state index contributed by atoms with van der Waals surface area (Å²) in [6, 6.07) is 10.7. The Bertz CT molecular complexity index is 1320. The minimum Gasteiger partial charge on any atom is -0.496 e. The van der Waals surface area contributed by atoms with Crippen LogP contribution >= 0.6 is 11.6 Å². The van der Waals surface area contributed by atoms with Crippen molar-refractivity contribution in [2.75, 3.05) is 7.11 Å². The summed E-state index contributed by atoms with van der Waals surface area (Å²) in [7, 11) is 1.63. The van der Waals surface area contributed by atoms with Crippen molar-refractivity contribution in [3.8, 4) is 28.5 Å². The minimum absolute atomic E-state index is 0.114. The Morgan fingerprint density at radius 2 is 2.03 bits per heavy atom. The Morgan fingerprint density at radius 3 is 2.75 bits per heavy atom. The topological polar surface area (TPSA) is 66.0 Å². The number of halogens is 2. The SMILES string of the molecule is COc1cc(-c2nnc3n2CCCC3(C)c2ccc(F)c(Cl)c2)ccc1-c1cnc(C)o1. The molecule has 0 saturated carbocycles. The highest BCUT2D eigenvalue weighted by Gasteiger charge is 2.38. The van der Waals surface area contributed by atoms with E-state index in [1.165, 1.54) is 6.07 Å². The molecule has 0 bridgehead atoms. The molecule has 3 heterocycles. The van der Waals surface area contributed by atoms with Gasteiger partial charge in [0, 0.05) is 19.0 Å². The molecule has 1 unspecified atom stereocenters. The first-order valence-corrected chi connectivity index (χ1v) is 10.8. The van der Waals surface area contributed by atoms with E-state index in [0.29, 0.717) is 17.4 Å². The summed E-state index contributed by atoms with van der Waals surface area (Å²) in [5, 5.41) is 9.20. The van der Waals surface area contributed by atoms with Gasteiger partial charge < -0.3 is 13.7 Å². The highest BCUT2D eigenvalue weighted by Crippen LogP contribution is 2.42. The molecule has 0 saturated heterocycles. The lowest BCUT2D eigenvalue weighted by atomic mass is 9.76. The van der Waals surface area contributed by atoms with Crippen molar-refractivity contribution < 1.29 is 13.5 Å². The van der Waals surface area contributed by atoms with Gasteiger partial charge in [-0.1, -0.05) is 23.7 Å². The van der Waals surface area contributed by atoms with Crippen LogP contribution in [0.5, 0.6) is 5.75 Å². The summed E-state index contributed by atoms with van der Waals surface area (Å²) in [5.41, 5.74) is 2.22. The lowest BCUT2D eigenvalue weighted by Crippen LogP contribution is -2.32. The normalized spacial score (nSPS) is 17.9. The fraction of sp³-hybridized carbons (Fsp3) is 0.292. The summed E-state index contributed by atoms with van der Waals surface area (Å²) < 4.78 is 27.2. The smallest absolute Gasteiger partial charge is 0.191 e. The van der Waals surface area contributed by atoms with Gasteiger partial charge in [0.25, 0.3) is 0 Å². The van der Waals surface area contributed by atoms with E-state index in [0.717, 1.165) is 47.7 Å². The lowest BCUT2D eigenvalue weighted by Gasteiger charge is -2.34. The van der Waals surface area contributed by atoms with Gasteiger partial charge in [0.15, 0.2) is 17.5 Å². The largest absolute Gasteiger partial charge is 0.496 e. The zero-order valence-corrected chi connectivity index (χ0v) is 18.8. The van der Waals surface area contributed by atoms with Crippen LogP contribution in [0.4, 0.5) is 4.39 Å². The van der Waals surface area contributed by atoms with Gasteiger partial charge in [-0.05, 0) is 49.6 Å². The second kappa shape index (κ2) is 7.74. The molecular formula is C24H22ClFN4O2. The predicted octanol–water partition coefficient (Wildman–Crippen LogP) is 5.81. The third-order valence-corrected chi connectivity index (χ3v) is 6.50. The van der Waals surface area contributed by atoms with Crippen molar-refractivity contribution in [1.82, 2.24) is 19.7 Å². The third-order valence-electron chi connectivity index (χ3n) is 6.21. The molecule has 1 aliphatic rings. The summed E-state index contributed by atoms with van der Waals surface area (Å²) >= 11 is 6.08. The summed E-state index contributed by atoms with van der Waals surface area (Å²) in [6.45, 7) is 4.71. The van der Waals surface area contributed by atoms with Crippen LogP contribution in [0.15, 0.2) is 47.0 Å². The van der Waals surface area contributed by atoms with E-state index in [1.54, 1.807) is 32.4 Å². The monoisotopic (exact) mass is 452 g/mol. The van der Waals surface area contributed by atoms with E-state index < -0.39 is 11.2 Å². The highest BCUT2D eigenvalue weighted by atomic mass is 35.5. The number of rotatable bonds is 4. The molecule has 164 valence electrons. The minimum atomic E-state index is -0.425. The molecule has 2 aromatic heterocycles. The van der Waals surface area contributed by atoms with Crippen LogP contribution in [-0.2, 0) is 12.0 Å². The average molecular weight is 453 g/mol. The van der Waals surface area contributed by atoms with Crippen molar-refractivity contribution in [2.24, 2.45) is 0 Å². The van der Waals surface area contributed by atoms with Crippen molar-refractivity contribution in [2.45, 2.75) is 38.6 Å². The number of ether oxygens (including phenoxy) is 1. The van der Waals surface area contributed by atoms with Gasteiger partial charge in [0.05, 0.1) is 29.3 Å². The molecule has 0 spiro atoms. The molecule has 4 aromatic rings. The van der Waals surface area contributed by atoms with Crippen molar-refractivity contribution >= 4 is 11.6 Å². The predicted molar refractivity (Wildman–Crippen MR) is 119 cm³/mol. The quantitative estimate of drug-likeness (QED) is 0.391. The first-order valence-electron chi connectivity index (χ1n) is 10.4. The second-order valence-electron chi connectivity index (χ2n) is 8.22.